The molecule has 1 aromatic rings. The van der Waals surface area contributed by atoms with E-state index >= 15 is 0 Å². The first-order chi connectivity index (χ1) is 12.7. The molecule has 2 unspecified atom stereocenters. The Morgan fingerprint density at radius 2 is 1.93 bits per heavy atom. The number of fused-ring (bicyclic) bond motifs is 1. The summed E-state index contributed by atoms with van der Waals surface area (Å²) >= 11 is 7.23. The molecular formula is C17H19ClN2O5S2. The summed E-state index contributed by atoms with van der Waals surface area (Å²) in [5.41, 5.74) is 0.941. The number of hydrogen-bond donors (Lipinski definition) is 1. The molecule has 2 aliphatic heterocycles. The number of rotatable bonds is 6. The molecule has 7 nitrogen and oxygen atoms in total. The van der Waals surface area contributed by atoms with Crippen LogP contribution in [0.15, 0.2) is 29.3 Å². The summed E-state index contributed by atoms with van der Waals surface area (Å²) in [5.74, 6) is -1.21. The molecule has 0 aliphatic carbocycles. The summed E-state index contributed by atoms with van der Waals surface area (Å²) in [7, 11) is -3.10. The summed E-state index contributed by atoms with van der Waals surface area (Å²) in [5, 5.41) is 9.64. The van der Waals surface area contributed by atoms with Gasteiger partial charge in [-0.2, -0.15) is 4.99 Å². The third kappa shape index (κ3) is 5.24. The largest absolute Gasteiger partial charge is 0.481 e. The van der Waals surface area contributed by atoms with Gasteiger partial charge in [0.25, 0.3) is 0 Å². The zero-order chi connectivity index (χ0) is 19.6. The molecule has 146 valence electrons. The number of amides is 1. The van der Waals surface area contributed by atoms with Gasteiger partial charge in [0.15, 0.2) is 15.0 Å². The number of hydrogen-bond acceptors (Lipinski definition) is 5. The SMILES string of the molecule is O=C(O)CCCC(=O)N=C1SC2CS(=O)(=O)CC2N1Cc1ccc(Cl)cc1. The van der Waals surface area contributed by atoms with Crippen LogP contribution in [0.4, 0.5) is 0 Å². The van der Waals surface area contributed by atoms with E-state index in [0.717, 1.165) is 5.56 Å². The van der Waals surface area contributed by atoms with Crippen LogP contribution in [-0.4, -0.2) is 58.3 Å². The number of nitrogens with zero attached hydrogens (tertiary/aromatic N) is 2. The number of carbonyl (C=O) groups is 2. The first-order valence-corrected chi connectivity index (χ1v) is 11.5. The Morgan fingerprint density at radius 1 is 1.22 bits per heavy atom. The molecule has 0 aromatic heterocycles. The number of amidine groups is 1. The topological polar surface area (TPSA) is 104 Å². The van der Waals surface area contributed by atoms with E-state index in [-0.39, 0.29) is 48.0 Å². The van der Waals surface area contributed by atoms with Crippen LogP contribution < -0.4 is 0 Å². The van der Waals surface area contributed by atoms with E-state index in [1.54, 1.807) is 12.1 Å². The molecule has 2 saturated heterocycles. The van der Waals surface area contributed by atoms with Crippen molar-refractivity contribution in [1.29, 1.82) is 0 Å². The van der Waals surface area contributed by atoms with Crippen molar-refractivity contribution in [1.82, 2.24) is 4.90 Å². The predicted molar refractivity (Wildman–Crippen MR) is 105 cm³/mol. The fourth-order valence-corrected chi connectivity index (χ4v) is 7.25. The summed E-state index contributed by atoms with van der Waals surface area (Å²) in [6.45, 7) is 0.433. The Balaban J connectivity index is 1.77. The number of carboxylic acids is 1. The Labute approximate surface area is 166 Å². The maximum absolute atomic E-state index is 12.1. The molecule has 0 radical (unpaired) electrons. The van der Waals surface area contributed by atoms with Crippen LogP contribution in [0.3, 0.4) is 0 Å². The van der Waals surface area contributed by atoms with Gasteiger partial charge in [0.1, 0.15) is 0 Å². The lowest BCUT2D eigenvalue weighted by Gasteiger charge is -2.24. The molecule has 1 amide bonds. The van der Waals surface area contributed by atoms with Crippen LogP contribution in [-0.2, 0) is 26.0 Å². The molecule has 0 bridgehead atoms. The van der Waals surface area contributed by atoms with Crippen LogP contribution in [0.5, 0.6) is 0 Å². The molecule has 1 N–H and O–H groups in total. The van der Waals surface area contributed by atoms with Crippen LogP contribution in [0.2, 0.25) is 5.02 Å². The third-order valence-corrected chi connectivity index (χ3v) is 7.94. The van der Waals surface area contributed by atoms with E-state index in [1.807, 2.05) is 17.0 Å². The number of halogens is 1. The molecule has 3 rings (SSSR count). The van der Waals surface area contributed by atoms with E-state index in [2.05, 4.69) is 4.99 Å². The summed E-state index contributed by atoms with van der Waals surface area (Å²) < 4.78 is 24.0. The Hall–Kier alpha value is -1.58. The molecule has 10 heteroatoms. The van der Waals surface area contributed by atoms with Crippen molar-refractivity contribution < 1.29 is 23.1 Å². The molecule has 2 heterocycles. The highest BCUT2D eigenvalue weighted by Crippen LogP contribution is 2.39. The average molecular weight is 431 g/mol. The van der Waals surface area contributed by atoms with Crippen molar-refractivity contribution in [3.8, 4) is 0 Å². The number of aliphatic imine (C=N–C) groups is 1. The highest BCUT2D eigenvalue weighted by molar-refractivity contribution is 8.15. The smallest absolute Gasteiger partial charge is 0.303 e. The fourth-order valence-electron chi connectivity index (χ4n) is 3.16. The minimum absolute atomic E-state index is 0.0461. The van der Waals surface area contributed by atoms with Crippen molar-refractivity contribution in [3.05, 3.63) is 34.9 Å². The van der Waals surface area contributed by atoms with Gasteiger partial charge in [-0.25, -0.2) is 8.42 Å². The highest BCUT2D eigenvalue weighted by Gasteiger charge is 2.48. The van der Waals surface area contributed by atoms with Crippen molar-refractivity contribution in [2.75, 3.05) is 11.5 Å². The maximum atomic E-state index is 12.1. The van der Waals surface area contributed by atoms with Crippen LogP contribution >= 0.6 is 23.4 Å². The standard InChI is InChI=1S/C17H19ClN2O5S2/c18-12-6-4-11(5-7-12)8-20-13-9-27(24,25)10-14(13)26-17(20)19-15(21)2-1-3-16(22)23/h4-7,13-14H,1-3,8-10H2,(H,22,23). The van der Waals surface area contributed by atoms with Crippen molar-refractivity contribution in [2.24, 2.45) is 4.99 Å². The van der Waals surface area contributed by atoms with Gasteiger partial charge in [0, 0.05) is 29.7 Å². The number of carbonyl (C=O) groups excluding carboxylic acids is 1. The average Bonchev–Trinajstić information content (AvgIpc) is 3.02. The lowest BCUT2D eigenvalue weighted by atomic mass is 10.1. The van der Waals surface area contributed by atoms with Gasteiger partial charge in [-0.15, -0.1) is 0 Å². The summed E-state index contributed by atoms with van der Waals surface area (Å²) in [4.78, 5) is 28.7. The van der Waals surface area contributed by atoms with Crippen molar-refractivity contribution >= 4 is 50.2 Å². The van der Waals surface area contributed by atoms with Crippen LogP contribution in [0, 0.1) is 0 Å². The molecule has 0 saturated carbocycles. The van der Waals surface area contributed by atoms with Crippen molar-refractivity contribution in [3.63, 3.8) is 0 Å². The Kier molecular flexibility index (Phi) is 6.12. The lowest BCUT2D eigenvalue weighted by Crippen LogP contribution is -2.37. The maximum Gasteiger partial charge on any atom is 0.303 e. The lowest BCUT2D eigenvalue weighted by molar-refractivity contribution is -0.137. The molecule has 2 atom stereocenters. The fraction of sp³-hybridized carbons (Fsp3) is 0.471. The molecule has 1 aromatic carbocycles. The Bertz CT molecular complexity index is 870. The van der Waals surface area contributed by atoms with E-state index in [0.29, 0.717) is 16.7 Å². The second kappa shape index (κ2) is 8.20. The van der Waals surface area contributed by atoms with E-state index in [9.17, 15) is 18.0 Å². The molecule has 27 heavy (non-hydrogen) atoms. The quantitative estimate of drug-likeness (QED) is 0.737. The van der Waals surface area contributed by atoms with E-state index in [4.69, 9.17) is 16.7 Å². The molecule has 0 spiro atoms. The van der Waals surface area contributed by atoms with Crippen LogP contribution in [0.1, 0.15) is 24.8 Å². The van der Waals surface area contributed by atoms with Gasteiger partial charge in [-0.3, -0.25) is 9.59 Å². The van der Waals surface area contributed by atoms with Gasteiger partial charge in [0.05, 0.1) is 17.5 Å². The minimum Gasteiger partial charge on any atom is -0.481 e. The zero-order valence-electron chi connectivity index (χ0n) is 14.4. The number of benzene rings is 1. The van der Waals surface area contributed by atoms with Crippen LogP contribution in [0.25, 0.3) is 0 Å². The van der Waals surface area contributed by atoms with E-state index in [1.165, 1.54) is 11.8 Å². The number of aliphatic carboxylic acids is 1. The highest BCUT2D eigenvalue weighted by atomic mass is 35.5. The van der Waals surface area contributed by atoms with Gasteiger partial charge in [-0.1, -0.05) is 35.5 Å². The second-order valence-electron chi connectivity index (χ2n) is 6.59. The summed E-state index contributed by atoms with van der Waals surface area (Å²) in [6, 6.07) is 7.01. The van der Waals surface area contributed by atoms with Gasteiger partial charge in [0.2, 0.25) is 5.91 Å². The first kappa shape index (κ1) is 20.2. The normalized spacial score (nSPS) is 24.9. The van der Waals surface area contributed by atoms with Gasteiger partial charge >= 0.3 is 5.97 Å². The van der Waals surface area contributed by atoms with Crippen molar-refractivity contribution in [2.45, 2.75) is 37.1 Å². The monoisotopic (exact) mass is 430 g/mol. The number of carboxylic acid groups (broad SMARTS) is 1. The molecular weight excluding hydrogens is 412 g/mol. The predicted octanol–water partition coefficient (Wildman–Crippen LogP) is 2.19. The third-order valence-electron chi connectivity index (χ3n) is 4.44. The first-order valence-electron chi connectivity index (χ1n) is 8.45. The molecule has 2 aliphatic rings. The van der Waals surface area contributed by atoms with Gasteiger partial charge < -0.3 is 10.0 Å². The summed E-state index contributed by atoms with van der Waals surface area (Å²) in [6.07, 6.45) is 0.203. The Morgan fingerprint density at radius 3 is 2.59 bits per heavy atom. The van der Waals surface area contributed by atoms with Gasteiger partial charge in [-0.05, 0) is 24.1 Å². The minimum atomic E-state index is -3.10. The number of thioether (sulfide) groups is 1. The second-order valence-corrected chi connectivity index (χ2v) is 10.4. The number of sulfone groups is 1. The van der Waals surface area contributed by atoms with E-state index < -0.39 is 15.8 Å². The zero-order valence-corrected chi connectivity index (χ0v) is 16.8. The molecule has 2 fully saturated rings.